The summed E-state index contributed by atoms with van der Waals surface area (Å²) < 4.78 is 54.0. The van der Waals surface area contributed by atoms with Crippen molar-refractivity contribution in [2.45, 2.75) is 32.4 Å². The molecule has 0 N–H and O–H groups in total. The maximum absolute atomic E-state index is 13.2. The molecular weight excluding hydrogens is 264 g/mol. The highest BCUT2D eigenvalue weighted by molar-refractivity contribution is 5.83. The van der Waals surface area contributed by atoms with Gasteiger partial charge < -0.3 is 4.74 Å². The third kappa shape index (κ3) is 5.28. The lowest BCUT2D eigenvalue weighted by molar-refractivity contribution is -0.171. The molecule has 0 spiro atoms. The Morgan fingerprint density at radius 1 is 1.26 bits per heavy atom. The van der Waals surface area contributed by atoms with Crippen LogP contribution in [0.5, 0.6) is 5.75 Å². The molecule has 1 aromatic carbocycles. The lowest BCUT2D eigenvalue weighted by atomic mass is 10.2. The predicted octanol–water partition coefficient (Wildman–Crippen LogP) is 3.81. The van der Waals surface area contributed by atoms with Gasteiger partial charge in [0.2, 0.25) is 5.78 Å². The molecule has 0 aliphatic carbocycles. The van der Waals surface area contributed by atoms with E-state index in [0.29, 0.717) is 0 Å². The minimum absolute atomic E-state index is 0.0613. The van der Waals surface area contributed by atoms with E-state index < -0.39 is 24.2 Å². The van der Waals surface area contributed by atoms with E-state index in [1.165, 1.54) is 12.1 Å². The minimum Gasteiger partial charge on any atom is -0.491 e. The van der Waals surface area contributed by atoms with Gasteiger partial charge in [0.15, 0.2) is 11.6 Å². The second kappa shape index (κ2) is 6.54. The van der Waals surface area contributed by atoms with Gasteiger partial charge in [-0.1, -0.05) is 6.07 Å². The van der Waals surface area contributed by atoms with Crippen molar-refractivity contribution in [3.63, 3.8) is 0 Å². The molecule has 0 unspecified atom stereocenters. The number of unbranched alkanes of at least 4 members (excludes halogenated alkanes) is 1. The van der Waals surface area contributed by atoms with Crippen molar-refractivity contribution < 1.29 is 27.1 Å². The fourth-order valence-electron chi connectivity index (χ4n) is 1.43. The summed E-state index contributed by atoms with van der Waals surface area (Å²) in [6.07, 6.45) is -5.02. The van der Waals surface area contributed by atoms with Crippen molar-refractivity contribution >= 4 is 5.78 Å². The third-order valence-electron chi connectivity index (χ3n) is 2.46. The molecule has 0 bridgehead atoms. The standard InChI is InChI=1S/C13H14F4O2/c1-9-5-6-10(14)11(8-9)19-7-3-2-4-12(18)13(15,16)17/h5-6,8H,2-4,7H2,1H3. The number of Topliss-reactive ketones (excluding diaryl/α,β-unsaturated/α-hetero) is 1. The molecule has 0 heterocycles. The number of carbonyl (C=O) groups is 1. The fraction of sp³-hybridized carbons (Fsp3) is 0.462. The molecule has 19 heavy (non-hydrogen) atoms. The van der Waals surface area contributed by atoms with Crippen LogP contribution in [0.15, 0.2) is 18.2 Å². The first kappa shape index (κ1) is 15.5. The average Bonchev–Trinajstić information content (AvgIpc) is 2.31. The molecule has 0 aromatic heterocycles. The zero-order valence-corrected chi connectivity index (χ0v) is 10.4. The number of aryl methyl sites for hydroxylation is 1. The summed E-state index contributed by atoms with van der Waals surface area (Å²) in [7, 11) is 0. The molecule has 0 fully saturated rings. The lowest BCUT2D eigenvalue weighted by Gasteiger charge is -2.08. The molecule has 2 nitrogen and oxygen atoms in total. The first-order chi connectivity index (χ1) is 8.80. The van der Waals surface area contributed by atoms with Gasteiger partial charge in [-0.15, -0.1) is 0 Å². The average molecular weight is 278 g/mol. The minimum atomic E-state index is -4.77. The van der Waals surface area contributed by atoms with Crippen LogP contribution in [0.2, 0.25) is 0 Å². The Kier molecular flexibility index (Phi) is 5.32. The van der Waals surface area contributed by atoms with Crippen LogP contribution in [0.25, 0.3) is 0 Å². The number of rotatable bonds is 6. The molecule has 0 saturated carbocycles. The first-order valence-electron chi connectivity index (χ1n) is 5.79. The highest BCUT2D eigenvalue weighted by Gasteiger charge is 2.37. The van der Waals surface area contributed by atoms with Crippen LogP contribution in [-0.2, 0) is 4.79 Å². The number of benzene rings is 1. The van der Waals surface area contributed by atoms with Crippen molar-refractivity contribution in [2.24, 2.45) is 0 Å². The molecule has 0 radical (unpaired) electrons. The molecule has 0 amide bonds. The Bertz CT molecular complexity index is 441. The molecule has 6 heteroatoms. The first-order valence-corrected chi connectivity index (χ1v) is 5.79. The highest BCUT2D eigenvalue weighted by Crippen LogP contribution is 2.20. The van der Waals surface area contributed by atoms with Crippen molar-refractivity contribution in [1.82, 2.24) is 0 Å². The summed E-state index contributed by atoms with van der Waals surface area (Å²) in [4.78, 5) is 10.6. The summed E-state index contributed by atoms with van der Waals surface area (Å²) in [5.74, 6) is -2.19. The van der Waals surface area contributed by atoms with Crippen LogP contribution < -0.4 is 4.74 Å². The number of hydrogen-bond acceptors (Lipinski definition) is 2. The van der Waals surface area contributed by atoms with E-state index >= 15 is 0 Å². The summed E-state index contributed by atoms with van der Waals surface area (Å²) >= 11 is 0. The van der Waals surface area contributed by atoms with Gasteiger partial charge in [0.05, 0.1) is 6.61 Å². The van der Waals surface area contributed by atoms with Crippen molar-refractivity contribution in [3.05, 3.63) is 29.6 Å². The number of ether oxygens (including phenoxy) is 1. The summed E-state index contributed by atoms with van der Waals surface area (Å²) in [5, 5.41) is 0. The Labute approximate surface area is 108 Å². The van der Waals surface area contributed by atoms with E-state index in [1.54, 1.807) is 13.0 Å². The van der Waals surface area contributed by atoms with Crippen molar-refractivity contribution in [2.75, 3.05) is 6.61 Å². The number of ketones is 1. The Morgan fingerprint density at radius 3 is 2.58 bits per heavy atom. The second-order valence-corrected chi connectivity index (χ2v) is 4.16. The quantitative estimate of drug-likeness (QED) is 0.584. The monoisotopic (exact) mass is 278 g/mol. The fourth-order valence-corrected chi connectivity index (χ4v) is 1.43. The van der Waals surface area contributed by atoms with E-state index in [4.69, 9.17) is 4.74 Å². The van der Waals surface area contributed by atoms with E-state index in [9.17, 15) is 22.4 Å². The summed E-state index contributed by atoms with van der Waals surface area (Å²) in [6.45, 7) is 1.85. The molecule has 106 valence electrons. The maximum Gasteiger partial charge on any atom is 0.449 e. The summed E-state index contributed by atoms with van der Waals surface area (Å²) in [6, 6.07) is 4.36. The number of alkyl halides is 3. The molecule has 0 aliphatic rings. The van der Waals surface area contributed by atoms with Crippen LogP contribution in [0, 0.1) is 12.7 Å². The zero-order chi connectivity index (χ0) is 14.5. The highest BCUT2D eigenvalue weighted by atomic mass is 19.4. The van der Waals surface area contributed by atoms with E-state index in [1.807, 2.05) is 0 Å². The predicted molar refractivity (Wildman–Crippen MR) is 61.5 cm³/mol. The smallest absolute Gasteiger partial charge is 0.449 e. The van der Waals surface area contributed by atoms with Crippen LogP contribution in [0.4, 0.5) is 17.6 Å². The lowest BCUT2D eigenvalue weighted by Crippen LogP contribution is -2.22. The topological polar surface area (TPSA) is 26.3 Å². The van der Waals surface area contributed by atoms with Gasteiger partial charge in [0, 0.05) is 6.42 Å². The largest absolute Gasteiger partial charge is 0.491 e. The number of hydrogen-bond donors (Lipinski definition) is 0. The normalized spacial score (nSPS) is 11.4. The molecular formula is C13H14F4O2. The Hall–Kier alpha value is -1.59. The zero-order valence-electron chi connectivity index (χ0n) is 10.4. The van der Waals surface area contributed by atoms with Gasteiger partial charge in [0.25, 0.3) is 0 Å². The van der Waals surface area contributed by atoms with Gasteiger partial charge in [-0.05, 0) is 37.5 Å². The van der Waals surface area contributed by atoms with Gasteiger partial charge in [-0.2, -0.15) is 13.2 Å². The molecule has 0 aliphatic heterocycles. The maximum atomic E-state index is 13.2. The van der Waals surface area contributed by atoms with E-state index in [0.717, 1.165) is 5.56 Å². The van der Waals surface area contributed by atoms with Gasteiger partial charge in [-0.3, -0.25) is 4.79 Å². The van der Waals surface area contributed by atoms with Crippen molar-refractivity contribution in [1.29, 1.82) is 0 Å². The molecule has 0 saturated heterocycles. The van der Waals surface area contributed by atoms with E-state index in [-0.39, 0.29) is 25.2 Å². The second-order valence-electron chi connectivity index (χ2n) is 4.16. The van der Waals surface area contributed by atoms with Gasteiger partial charge in [0.1, 0.15) is 0 Å². The van der Waals surface area contributed by atoms with Gasteiger partial charge >= 0.3 is 6.18 Å². The Morgan fingerprint density at radius 2 is 1.95 bits per heavy atom. The Balaban J connectivity index is 2.28. The van der Waals surface area contributed by atoms with Crippen LogP contribution >= 0.6 is 0 Å². The van der Waals surface area contributed by atoms with Gasteiger partial charge in [-0.25, -0.2) is 4.39 Å². The van der Waals surface area contributed by atoms with Crippen LogP contribution in [0.3, 0.4) is 0 Å². The molecule has 1 rings (SSSR count). The van der Waals surface area contributed by atoms with Crippen LogP contribution in [0.1, 0.15) is 24.8 Å². The van der Waals surface area contributed by atoms with Crippen LogP contribution in [-0.4, -0.2) is 18.6 Å². The molecule has 0 atom stereocenters. The number of halogens is 4. The molecule has 1 aromatic rings. The van der Waals surface area contributed by atoms with E-state index in [2.05, 4.69) is 0 Å². The third-order valence-corrected chi connectivity index (χ3v) is 2.46. The SMILES string of the molecule is Cc1ccc(F)c(OCCCCC(=O)C(F)(F)F)c1. The summed E-state index contributed by atoms with van der Waals surface area (Å²) in [5.41, 5.74) is 0.823. The van der Waals surface area contributed by atoms with Crippen molar-refractivity contribution in [3.8, 4) is 5.75 Å². The number of carbonyl (C=O) groups excluding carboxylic acids is 1.